The number of amides is 1. The van der Waals surface area contributed by atoms with Crippen molar-refractivity contribution in [1.29, 1.82) is 0 Å². The molecule has 1 aromatic rings. The van der Waals surface area contributed by atoms with E-state index in [0.717, 1.165) is 19.3 Å². The van der Waals surface area contributed by atoms with Gasteiger partial charge in [0.2, 0.25) is 5.91 Å². The molecule has 0 atom stereocenters. The predicted octanol–water partition coefficient (Wildman–Crippen LogP) is 1.89. The van der Waals surface area contributed by atoms with Gasteiger partial charge in [-0.15, -0.1) is 0 Å². The number of nitrogens with one attached hydrogen (secondary N) is 1. The zero-order valence-corrected chi connectivity index (χ0v) is 11.9. The van der Waals surface area contributed by atoms with Gasteiger partial charge in [-0.1, -0.05) is 19.3 Å². The van der Waals surface area contributed by atoms with Gasteiger partial charge in [-0.05, 0) is 25.8 Å². The van der Waals surface area contributed by atoms with Crippen LogP contribution in [0.5, 0.6) is 0 Å². The number of hydrogen-bond donors (Lipinski definition) is 2. The molecule has 2 rings (SSSR count). The van der Waals surface area contributed by atoms with E-state index >= 15 is 0 Å². The van der Waals surface area contributed by atoms with Crippen LogP contribution in [0, 0.1) is 0 Å². The zero-order chi connectivity index (χ0) is 14.6. The van der Waals surface area contributed by atoms with Gasteiger partial charge in [-0.3, -0.25) is 9.59 Å². The topological polar surface area (TPSA) is 71.3 Å². The number of aryl methyl sites for hydroxylation is 1. The summed E-state index contributed by atoms with van der Waals surface area (Å²) >= 11 is 0. The summed E-state index contributed by atoms with van der Waals surface area (Å²) in [5.74, 6) is -0.198. The van der Waals surface area contributed by atoms with Gasteiger partial charge in [0.25, 0.3) is 5.56 Å². The van der Waals surface area contributed by atoms with Gasteiger partial charge >= 0.3 is 0 Å². The lowest BCUT2D eigenvalue weighted by molar-refractivity contribution is -0.122. The Balaban J connectivity index is 1.99. The first-order valence-corrected chi connectivity index (χ1v) is 7.25. The highest BCUT2D eigenvalue weighted by Gasteiger charge is 2.31. The van der Waals surface area contributed by atoms with Crippen LogP contribution < -0.4 is 10.9 Å². The maximum atomic E-state index is 12.0. The maximum Gasteiger partial charge on any atom is 0.250 e. The number of carbonyl (C=O) groups excluding carboxylic acids is 1. The van der Waals surface area contributed by atoms with E-state index in [9.17, 15) is 14.7 Å². The van der Waals surface area contributed by atoms with Crippen LogP contribution in [0.3, 0.4) is 0 Å². The van der Waals surface area contributed by atoms with Crippen LogP contribution in [0.2, 0.25) is 0 Å². The van der Waals surface area contributed by atoms with E-state index in [1.54, 1.807) is 12.3 Å². The van der Waals surface area contributed by atoms with Gasteiger partial charge < -0.3 is 15.0 Å². The van der Waals surface area contributed by atoms with Crippen molar-refractivity contribution < 1.29 is 9.90 Å². The van der Waals surface area contributed by atoms with Gasteiger partial charge in [0.1, 0.15) is 0 Å². The summed E-state index contributed by atoms with van der Waals surface area (Å²) in [6.07, 6.45) is 6.22. The van der Waals surface area contributed by atoms with E-state index in [0.29, 0.717) is 25.1 Å². The van der Waals surface area contributed by atoms with E-state index in [2.05, 4.69) is 5.32 Å². The van der Waals surface area contributed by atoms with Gasteiger partial charge in [-0.2, -0.15) is 0 Å². The predicted molar refractivity (Wildman–Crippen MR) is 77.7 cm³/mol. The van der Waals surface area contributed by atoms with Crippen molar-refractivity contribution in [1.82, 2.24) is 4.57 Å². The first-order chi connectivity index (χ1) is 9.52. The van der Waals surface area contributed by atoms with E-state index in [4.69, 9.17) is 0 Å². The van der Waals surface area contributed by atoms with E-state index in [-0.39, 0.29) is 17.9 Å². The summed E-state index contributed by atoms with van der Waals surface area (Å²) in [5, 5.41) is 13.1. The van der Waals surface area contributed by atoms with Crippen molar-refractivity contribution in [2.45, 2.75) is 57.6 Å². The Hall–Kier alpha value is -1.62. The molecule has 2 N–H and O–H groups in total. The SMILES string of the molecule is CCn1cc(NC(=O)CC2(O)CCCCC2)ccc1=O. The molecule has 0 bridgehead atoms. The third kappa shape index (κ3) is 3.70. The van der Waals surface area contributed by atoms with Gasteiger partial charge in [0.15, 0.2) is 0 Å². The first kappa shape index (κ1) is 14.8. The Morgan fingerprint density at radius 1 is 1.35 bits per heavy atom. The molecule has 1 aliphatic rings. The highest BCUT2D eigenvalue weighted by Crippen LogP contribution is 2.31. The second kappa shape index (κ2) is 6.22. The number of pyridine rings is 1. The molecule has 0 saturated heterocycles. The summed E-state index contributed by atoms with van der Waals surface area (Å²) in [7, 11) is 0. The van der Waals surface area contributed by atoms with E-state index < -0.39 is 5.60 Å². The van der Waals surface area contributed by atoms with Crippen molar-refractivity contribution in [3.05, 3.63) is 28.7 Å². The molecule has 1 aromatic heterocycles. The summed E-state index contributed by atoms with van der Waals surface area (Å²) in [6.45, 7) is 2.43. The largest absolute Gasteiger partial charge is 0.389 e. The number of hydrogen-bond acceptors (Lipinski definition) is 3. The first-order valence-electron chi connectivity index (χ1n) is 7.25. The molecular weight excluding hydrogens is 256 g/mol. The van der Waals surface area contributed by atoms with Gasteiger partial charge in [0, 0.05) is 18.8 Å². The minimum Gasteiger partial charge on any atom is -0.389 e. The molecule has 1 aliphatic carbocycles. The minimum atomic E-state index is -0.860. The highest BCUT2D eigenvalue weighted by molar-refractivity contribution is 5.91. The van der Waals surface area contributed by atoms with Crippen LogP contribution in [-0.2, 0) is 11.3 Å². The Bertz CT molecular complexity index is 530. The van der Waals surface area contributed by atoms with Crippen molar-refractivity contribution in [2.75, 3.05) is 5.32 Å². The lowest BCUT2D eigenvalue weighted by Gasteiger charge is -2.31. The molecule has 0 unspecified atom stereocenters. The maximum absolute atomic E-state index is 12.0. The molecule has 1 amide bonds. The summed E-state index contributed by atoms with van der Waals surface area (Å²) in [4.78, 5) is 23.5. The number of anilines is 1. The molecule has 110 valence electrons. The second-order valence-electron chi connectivity index (χ2n) is 5.55. The minimum absolute atomic E-state index is 0.0867. The van der Waals surface area contributed by atoms with Gasteiger partial charge in [0.05, 0.1) is 17.7 Å². The molecule has 1 saturated carbocycles. The Morgan fingerprint density at radius 2 is 2.05 bits per heavy atom. The number of aliphatic hydroxyl groups is 1. The second-order valence-corrected chi connectivity index (χ2v) is 5.55. The van der Waals surface area contributed by atoms with Crippen molar-refractivity contribution in [3.63, 3.8) is 0 Å². The molecule has 0 radical (unpaired) electrons. The summed E-state index contributed by atoms with van der Waals surface area (Å²) in [5.41, 5.74) is -0.353. The molecule has 1 fully saturated rings. The smallest absolute Gasteiger partial charge is 0.250 e. The molecule has 1 heterocycles. The van der Waals surface area contributed by atoms with Crippen LogP contribution in [0.15, 0.2) is 23.1 Å². The van der Waals surface area contributed by atoms with Crippen LogP contribution in [0.1, 0.15) is 45.4 Å². The number of rotatable bonds is 4. The highest BCUT2D eigenvalue weighted by atomic mass is 16.3. The summed E-state index contributed by atoms with van der Waals surface area (Å²) < 4.78 is 1.53. The van der Waals surface area contributed by atoms with Crippen molar-refractivity contribution >= 4 is 11.6 Å². The molecule has 0 aromatic carbocycles. The van der Waals surface area contributed by atoms with Crippen molar-refractivity contribution in [2.24, 2.45) is 0 Å². The number of carbonyl (C=O) groups is 1. The molecule has 5 nitrogen and oxygen atoms in total. The fourth-order valence-electron chi connectivity index (χ4n) is 2.74. The lowest BCUT2D eigenvalue weighted by Crippen LogP contribution is -2.36. The average Bonchev–Trinajstić information content (AvgIpc) is 2.41. The third-order valence-corrected chi connectivity index (χ3v) is 3.88. The van der Waals surface area contributed by atoms with Crippen LogP contribution in [-0.4, -0.2) is 21.2 Å². The molecule has 0 aliphatic heterocycles. The third-order valence-electron chi connectivity index (χ3n) is 3.88. The fourth-order valence-corrected chi connectivity index (χ4v) is 2.74. The molecular formula is C15H22N2O3. The molecule has 20 heavy (non-hydrogen) atoms. The average molecular weight is 278 g/mol. The monoisotopic (exact) mass is 278 g/mol. The Morgan fingerprint density at radius 3 is 2.70 bits per heavy atom. The Labute approximate surface area is 118 Å². The standard InChI is InChI=1S/C15H22N2O3/c1-2-17-11-12(6-7-14(17)19)16-13(18)10-15(20)8-4-3-5-9-15/h6-7,11,20H,2-5,8-10H2,1H3,(H,16,18). The van der Waals surface area contributed by atoms with Crippen LogP contribution in [0.4, 0.5) is 5.69 Å². The fraction of sp³-hybridized carbons (Fsp3) is 0.600. The van der Waals surface area contributed by atoms with Crippen LogP contribution in [0.25, 0.3) is 0 Å². The number of nitrogens with zero attached hydrogens (tertiary/aromatic N) is 1. The Kier molecular flexibility index (Phi) is 4.60. The molecule has 0 spiro atoms. The quantitative estimate of drug-likeness (QED) is 0.883. The number of aromatic nitrogens is 1. The normalized spacial score (nSPS) is 17.7. The summed E-state index contributed by atoms with van der Waals surface area (Å²) in [6, 6.07) is 3.03. The van der Waals surface area contributed by atoms with Gasteiger partial charge in [-0.25, -0.2) is 0 Å². The van der Waals surface area contributed by atoms with Crippen LogP contribution >= 0.6 is 0 Å². The zero-order valence-electron chi connectivity index (χ0n) is 11.9. The molecule has 5 heteroatoms. The lowest BCUT2D eigenvalue weighted by atomic mass is 9.82. The van der Waals surface area contributed by atoms with E-state index in [1.807, 2.05) is 6.92 Å². The van der Waals surface area contributed by atoms with Crippen molar-refractivity contribution in [3.8, 4) is 0 Å². The van der Waals surface area contributed by atoms with E-state index in [1.165, 1.54) is 10.6 Å².